The van der Waals surface area contributed by atoms with Crippen molar-refractivity contribution in [3.63, 3.8) is 0 Å². The molecule has 2 nitrogen and oxygen atoms in total. The highest BCUT2D eigenvalue weighted by Crippen LogP contribution is 2.23. The zero-order chi connectivity index (χ0) is 13.9. The normalized spacial score (nSPS) is 13.1. The minimum Gasteiger partial charge on any atom is -0.322 e. The molecule has 102 valence electrons. The number of hydrogen-bond acceptors (Lipinski definition) is 2. The van der Waals surface area contributed by atoms with Crippen LogP contribution >= 0.6 is 11.8 Å². The molecule has 1 aliphatic carbocycles. The summed E-state index contributed by atoms with van der Waals surface area (Å²) >= 11 is 1.69. The van der Waals surface area contributed by atoms with Crippen LogP contribution in [0.1, 0.15) is 27.9 Å². The third-order valence-electron chi connectivity index (χ3n) is 3.71. The van der Waals surface area contributed by atoms with E-state index in [9.17, 15) is 4.79 Å². The van der Waals surface area contributed by atoms with Gasteiger partial charge in [-0.3, -0.25) is 4.79 Å². The molecule has 0 heterocycles. The Morgan fingerprint density at radius 2 is 1.80 bits per heavy atom. The Kier molecular flexibility index (Phi) is 3.79. The number of nitrogens with one attached hydrogen (secondary N) is 1. The molecule has 0 saturated heterocycles. The number of aryl methyl sites for hydroxylation is 2. The lowest BCUT2D eigenvalue weighted by Crippen LogP contribution is -2.12. The van der Waals surface area contributed by atoms with Crippen molar-refractivity contribution in [2.75, 3.05) is 11.6 Å². The number of fused-ring (bicyclic) bond motifs is 1. The first kappa shape index (κ1) is 13.3. The fourth-order valence-electron chi connectivity index (χ4n) is 2.59. The number of benzene rings is 2. The van der Waals surface area contributed by atoms with Crippen molar-refractivity contribution in [3.8, 4) is 0 Å². The summed E-state index contributed by atoms with van der Waals surface area (Å²) < 4.78 is 0. The predicted molar refractivity (Wildman–Crippen MR) is 84.6 cm³/mol. The number of amides is 1. The molecule has 3 heteroatoms. The van der Waals surface area contributed by atoms with Gasteiger partial charge in [0.15, 0.2) is 0 Å². The van der Waals surface area contributed by atoms with Gasteiger partial charge in [0.25, 0.3) is 5.91 Å². The first-order valence-electron chi connectivity index (χ1n) is 6.83. The van der Waals surface area contributed by atoms with Crippen molar-refractivity contribution in [2.24, 2.45) is 0 Å². The summed E-state index contributed by atoms with van der Waals surface area (Å²) in [5, 5.41) is 2.95. The van der Waals surface area contributed by atoms with Crippen LogP contribution in [-0.4, -0.2) is 12.2 Å². The monoisotopic (exact) mass is 283 g/mol. The number of carbonyl (C=O) groups excluding carboxylic acids is 1. The van der Waals surface area contributed by atoms with E-state index in [-0.39, 0.29) is 5.91 Å². The maximum absolute atomic E-state index is 12.3. The molecule has 1 aliphatic rings. The largest absolute Gasteiger partial charge is 0.322 e. The standard InChI is InChI=1S/C17H17NOS/c1-20-16-9-7-15(8-10-16)18-17(19)14-6-5-12-3-2-4-13(12)11-14/h5-11H,2-4H2,1H3,(H,18,19). The fraction of sp³-hybridized carbons (Fsp3) is 0.235. The molecule has 0 aliphatic heterocycles. The second-order valence-electron chi connectivity index (χ2n) is 5.02. The lowest BCUT2D eigenvalue weighted by atomic mass is 10.1. The first-order valence-corrected chi connectivity index (χ1v) is 8.06. The van der Waals surface area contributed by atoms with Crippen LogP contribution in [0.25, 0.3) is 0 Å². The van der Waals surface area contributed by atoms with Crippen LogP contribution in [0.4, 0.5) is 5.69 Å². The zero-order valence-electron chi connectivity index (χ0n) is 11.5. The van der Waals surface area contributed by atoms with Crippen molar-refractivity contribution in [3.05, 3.63) is 59.2 Å². The molecule has 0 radical (unpaired) electrons. The molecular formula is C17H17NOS. The molecule has 0 unspecified atom stereocenters. The van der Waals surface area contributed by atoms with Gasteiger partial charge in [-0.2, -0.15) is 0 Å². The van der Waals surface area contributed by atoms with Crippen LogP contribution in [-0.2, 0) is 12.8 Å². The maximum Gasteiger partial charge on any atom is 0.255 e. The van der Waals surface area contributed by atoms with Gasteiger partial charge in [-0.1, -0.05) is 6.07 Å². The van der Waals surface area contributed by atoms with Crippen molar-refractivity contribution < 1.29 is 4.79 Å². The lowest BCUT2D eigenvalue weighted by Gasteiger charge is -2.07. The Morgan fingerprint density at radius 3 is 2.55 bits per heavy atom. The van der Waals surface area contributed by atoms with E-state index in [1.807, 2.05) is 42.7 Å². The van der Waals surface area contributed by atoms with Gasteiger partial charge >= 0.3 is 0 Å². The third-order valence-corrected chi connectivity index (χ3v) is 4.45. The highest BCUT2D eigenvalue weighted by molar-refractivity contribution is 7.98. The number of rotatable bonds is 3. The highest BCUT2D eigenvalue weighted by Gasteiger charge is 2.13. The number of thioether (sulfide) groups is 1. The van der Waals surface area contributed by atoms with E-state index in [4.69, 9.17) is 0 Å². The van der Waals surface area contributed by atoms with Crippen molar-refractivity contribution >= 4 is 23.4 Å². The van der Waals surface area contributed by atoms with Crippen molar-refractivity contribution in [2.45, 2.75) is 24.2 Å². The number of hydrogen-bond donors (Lipinski definition) is 1. The molecule has 0 fully saturated rings. The molecule has 0 spiro atoms. The topological polar surface area (TPSA) is 29.1 Å². The van der Waals surface area contributed by atoms with E-state index in [0.29, 0.717) is 0 Å². The Balaban J connectivity index is 1.75. The Bertz CT molecular complexity index is 634. The Labute approximate surface area is 123 Å². The highest BCUT2D eigenvalue weighted by atomic mass is 32.2. The van der Waals surface area contributed by atoms with Crippen LogP contribution in [0.5, 0.6) is 0 Å². The lowest BCUT2D eigenvalue weighted by molar-refractivity contribution is 0.102. The zero-order valence-corrected chi connectivity index (χ0v) is 12.3. The molecule has 1 N–H and O–H groups in total. The van der Waals surface area contributed by atoms with E-state index < -0.39 is 0 Å². The molecular weight excluding hydrogens is 266 g/mol. The average Bonchev–Trinajstić information content (AvgIpc) is 2.95. The fourth-order valence-corrected chi connectivity index (χ4v) is 3.00. The van der Waals surface area contributed by atoms with Crippen LogP contribution < -0.4 is 5.32 Å². The van der Waals surface area contributed by atoms with Gasteiger partial charge < -0.3 is 5.32 Å². The molecule has 3 rings (SSSR count). The molecule has 1 amide bonds. The Hall–Kier alpha value is -1.74. The van der Waals surface area contributed by atoms with E-state index in [0.717, 1.165) is 24.1 Å². The second-order valence-corrected chi connectivity index (χ2v) is 5.90. The van der Waals surface area contributed by atoms with Gasteiger partial charge in [0, 0.05) is 16.1 Å². The summed E-state index contributed by atoms with van der Waals surface area (Å²) in [7, 11) is 0. The van der Waals surface area contributed by atoms with Crippen LogP contribution in [0.15, 0.2) is 47.4 Å². The first-order chi connectivity index (χ1) is 9.76. The number of anilines is 1. The summed E-state index contributed by atoms with van der Waals surface area (Å²) in [4.78, 5) is 13.4. The van der Waals surface area contributed by atoms with E-state index in [1.54, 1.807) is 11.8 Å². The maximum atomic E-state index is 12.3. The van der Waals surface area contributed by atoms with Gasteiger partial charge in [-0.15, -0.1) is 11.8 Å². The summed E-state index contributed by atoms with van der Waals surface area (Å²) in [6.07, 6.45) is 5.49. The third kappa shape index (κ3) is 2.73. The minimum atomic E-state index is -0.0309. The number of carbonyl (C=O) groups is 1. The predicted octanol–water partition coefficient (Wildman–Crippen LogP) is 4.15. The molecule has 2 aromatic carbocycles. The summed E-state index contributed by atoms with van der Waals surface area (Å²) in [5.74, 6) is -0.0309. The van der Waals surface area contributed by atoms with Crippen LogP contribution in [0.2, 0.25) is 0 Å². The van der Waals surface area contributed by atoms with E-state index >= 15 is 0 Å². The SMILES string of the molecule is CSc1ccc(NC(=O)c2ccc3c(c2)CCC3)cc1. The molecule has 0 aromatic heterocycles. The smallest absolute Gasteiger partial charge is 0.255 e. The van der Waals surface area contributed by atoms with Gasteiger partial charge in [0.2, 0.25) is 0 Å². The van der Waals surface area contributed by atoms with E-state index in [1.165, 1.54) is 22.4 Å². The molecule has 0 bridgehead atoms. The van der Waals surface area contributed by atoms with Gasteiger partial charge in [0.05, 0.1) is 0 Å². The summed E-state index contributed by atoms with van der Waals surface area (Å²) in [5.41, 5.74) is 4.31. The van der Waals surface area contributed by atoms with Crippen LogP contribution in [0.3, 0.4) is 0 Å². The van der Waals surface area contributed by atoms with Gasteiger partial charge in [0.1, 0.15) is 0 Å². The Morgan fingerprint density at radius 1 is 1.05 bits per heavy atom. The van der Waals surface area contributed by atoms with Gasteiger partial charge in [-0.25, -0.2) is 0 Å². The molecule has 2 aromatic rings. The summed E-state index contributed by atoms with van der Waals surface area (Å²) in [6, 6.07) is 14.0. The minimum absolute atomic E-state index is 0.0309. The molecule has 0 atom stereocenters. The molecule has 20 heavy (non-hydrogen) atoms. The van der Waals surface area contributed by atoms with Crippen LogP contribution in [0, 0.1) is 0 Å². The second kappa shape index (κ2) is 5.71. The van der Waals surface area contributed by atoms with E-state index in [2.05, 4.69) is 11.4 Å². The quantitative estimate of drug-likeness (QED) is 0.857. The van der Waals surface area contributed by atoms with Crippen molar-refractivity contribution in [1.29, 1.82) is 0 Å². The van der Waals surface area contributed by atoms with Gasteiger partial charge in [-0.05, 0) is 73.0 Å². The molecule has 0 saturated carbocycles. The summed E-state index contributed by atoms with van der Waals surface area (Å²) in [6.45, 7) is 0. The van der Waals surface area contributed by atoms with Crippen molar-refractivity contribution in [1.82, 2.24) is 0 Å². The average molecular weight is 283 g/mol.